The summed E-state index contributed by atoms with van der Waals surface area (Å²) in [5.74, 6) is 0.950. The van der Waals surface area contributed by atoms with E-state index in [1.54, 1.807) is 23.1 Å². The molecule has 1 aromatic rings. The van der Waals surface area contributed by atoms with Gasteiger partial charge in [-0.05, 0) is 57.0 Å². The van der Waals surface area contributed by atoms with Gasteiger partial charge in [0.25, 0.3) is 5.91 Å². The maximum atomic E-state index is 13.5. The number of aliphatic hydroxyl groups excluding tert-OH is 1. The van der Waals surface area contributed by atoms with E-state index < -0.39 is 6.10 Å². The zero-order valence-electron chi connectivity index (χ0n) is 20.0. The third-order valence-corrected chi connectivity index (χ3v) is 7.22. The summed E-state index contributed by atoms with van der Waals surface area (Å²) in [6, 6.07) is 4.87. The molecule has 10 nitrogen and oxygen atoms in total. The Morgan fingerprint density at radius 3 is 2.77 bits per heavy atom. The van der Waals surface area contributed by atoms with Gasteiger partial charge in [-0.1, -0.05) is 0 Å². The highest BCUT2D eigenvalue weighted by molar-refractivity contribution is 5.95. The normalized spacial score (nSPS) is 28.8. The molecule has 3 saturated heterocycles. The lowest BCUT2D eigenvalue weighted by Gasteiger charge is -2.44. The van der Waals surface area contributed by atoms with Crippen LogP contribution in [0.1, 0.15) is 42.5 Å². The fourth-order valence-corrected chi connectivity index (χ4v) is 5.41. The average molecular weight is 490 g/mol. The summed E-state index contributed by atoms with van der Waals surface area (Å²) < 4.78 is 22.7. The van der Waals surface area contributed by atoms with Gasteiger partial charge in [0.15, 0.2) is 11.5 Å². The number of amides is 2. The molecule has 4 atom stereocenters. The van der Waals surface area contributed by atoms with Crippen LogP contribution in [0.4, 0.5) is 0 Å². The van der Waals surface area contributed by atoms with Crippen LogP contribution in [0.5, 0.6) is 11.5 Å². The molecule has 0 aliphatic carbocycles. The minimum Gasteiger partial charge on any atom is -0.454 e. The van der Waals surface area contributed by atoms with E-state index >= 15 is 0 Å². The Kier molecular flexibility index (Phi) is 7.72. The zero-order chi connectivity index (χ0) is 24.2. The van der Waals surface area contributed by atoms with Gasteiger partial charge in [0, 0.05) is 25.2 Å². The number of carbonyl (C=O) groups is 2. The molecule has 35 heavy (non-hydrogen) atoms. The lowest BCUT2D eigenvalue weighted by molar-refractivity contribution is -0.150. The number of hydrogen-bond donors (Lipinski definition) is 2. The monoisotopic (exact) mass is 489 g/mol. The number of nitrogens with zero attached hydrogens (tertiary/aromatic N) is 2. The van der Waals surface area contributed by atoms with E-state index in [1.165, 1.54) is 12.8 Å². The molecule has 0 bridgehead atoms. The molecule has 5 rings (SSSR count). The SMILES string of the molecule is O=C(C[C@H]1CC[C@@H]2[C@H](COC[C@H](O)CN2C(=O)c2ccc3c(c2)OCO3)O1)NCCN1CCCC1. The van der Waals surface area contributed by atoms with E-state index in [4.69, 9.17) is 18.9 Å². The van der Waals surface area contributed by atoms with E-state index in [-0.39, 0.29) is 56.6 Å². The van der Waals surface area contributed by atoms with Crippen LogP contribution >= 0.6 is 0 Å². The maximum absolute atomic E-state index is 13.5. The van der Waals surface area contributed by atoms with Crippen molar-refractivity contribution in [3.05, 3.63) is 23.8 Å². The Bertz CT molecular complexity index is 907. The first-order valence-corrected chi connectivity index (χ1v) is 12.7. The number of hydrogen-bond acceptors (Lipinski definition) is 8. The molecule has 2 N–H and O–H groups in total. The van der Waals surface area contributed by atoms with Crippen LogP contribution in [0.15, 0.2) is 18.2 Å². The van der Waals surface area contributed by atoms with Gasteiger partial charge in [-0.2, -0.15) is 0 Å². The number of rotatable bonds is 6. The molecule has 192 valence electrons. The smallest absolute Gasteiger partial charge is 0.254 e. The number of benzene rings is 1. The molecular formula is C25H35N3O7. The van der Waals surface area contributed by atoms with Crippen molar-refractivity contribution >= 4 is 11.8 Å². The van der Waals surface area contributed by atoms with Crippen molar-refractivity contribution in [2.45, 2.75) is 56.5 Å². The van der Waals surface area contributed by atoms with Crippen molar-refractivity contribution in [2.75, 3.05) is 52.7 Å². The number of aliphatic hydroxyl groups is 1. The van der Waals surface area contributed by atoms with Crippen LogP contribution in [0.25, 0.3) is 0 Å². The van der Waals surface area contributed by atoms with E-state index in [9.17, 15) is 14.7 Å². The molecule has 0 unspecified atom stereocenters. The lowest BCUT2D eigenvalue weighted by Crippen LogP contribution is -2.57. The number of ether oxygens (including phenoxy) is 4. The molecule has 0 spiro atoms. The Morgan fingerprint density at radius 2 is 1.91 bits per heavy atom. The van der Waals surface area contributed by atoms with Crippen molar-refractivity contribution in [3.8, 4) is 11.5 Å². The van der Waals surface area contributed by atoms with Crippen molar-refractivity contribution in [3.63, 3.8) is 0 Å². The van der Waals surface area contributed by atoms with E-state index in [1.807, 2.05) is 0 Å². The van der Waals surface area contributed by atoms with Crippen LogP contribution < -0.4 is 14.8 Å². The van der Waals surface area contributed by atoms with Crippen LogP contribution in [0.2, 0.25) is 0 Å². The molecule has 4 heterocycles. The largest absolute Gasteiger partial charge is 0.454 e. The molecule has 10 heteroatoms. The fourth-order valence-electron chi connectivity index (χ4n) is 5.41. The molecule has 4 aliphatic rings. The van der Waals surface area contributed by atoms with E-state index in [0.29, 0.717) is 42.9 Å². The highest BCUT2D eigenvalue weighted by Crippen LogP contribution is 2.34. The first-order chi connectivity index (χ1) is 17.1. The van der Waals surface area contributed by atoms with Crippen LogP contribution in [0, 0.1) is 0 Å². The highest BCUT2D eigenvalue weighted by atomic mass is 16.7. The quantitative estimate of drug-likeness (QED) is 0.603. The van der Waals surface area contributed by atoms with Crippen LogP contribution in [-0.4, -0.2) is 104 Å². The minimum absolute atomic E-state index is 0.0110. The summed E-state index contributed by atoms with van der Waals surface area (Å²) in [6.45, 7) is 4.43. The average Bonchev–Trinajstić information content (AvgIpc) is 3.53. The highest BCUT2D eigenvalue weighted by Gasteiger charge is 2.40. The lowest BCUT2D eigenvalue weighted by atomic mass is 9.94. The third kappa shape index (κ3) is 5.88. The number of β-amino-alcohol motifs (C(OH)–C–C–N with tert-alkyl or cyclic N) is 1. The Labute approximate surface area is 205 Å². The summed E-state index contributed by atoms with van der Waals surface area (Å²) in [6.07, 6.45) is 2.72. The Hall–Kier alpha value is -2.40. The standard InChI is InChI=1S/C25H35N3O7/c29-18-13-28(25(31)17-3-6-21-22(11-17)34-16-33-21)20-5-4-19(35-23(20)15-32-14-18)12-24(30)26-7-10-27-8-1-2-9-27/h3,6,11,18-20,23,29H,1-2,4-5,7-10,12-16H2,(H,26,30)/t18-,19-,20-,23+/m1/s1. The maximum Gasteiger partial charge on any atom is 0.254 e. The van der Waals surface area contributed by atoms with Gasteiger partial charge in [-0.3, -0.25) is 9.59 Å². The zero-order valence-corrected chi connectivity index (χ0v) is 20.0. The Morgan fingerprint density at radius 1 is 1.09 bits per heavy atom. The second-order valence-electron chi connectivity index (χ2n) is 9.76. The first-order valence-electron chi connectivity index (χ1n) is 12.7. The van der Waals surface area contributed by atoms with E-state index in [0.717, 1.165) is 19.6 Å². The van der Waals surface area contributed by atoms with Gasteiger partial charge in [0.1, 0.15) is 6.10 Å². The van der Waals surface area contributed by atoms with Gasteiger partial charge in [-0.25, -0.2) is 0 Å². The molecule has 0 saturated carbocycles. The third-order valence-electron chi connectivity index (χ3n) is 7.22. The Balaban J connectivity index is 1.20. The number of fused-ring (bicyclic) bond motifs is 2. The molecule has 4 aliphatic heterocycles. The minimum atomic E-state index is -0.784. The summed E-state index contributed by atoms with van der Waals surface area (Å²) in [5.41, 5.74) is 0.473. The van der Waals surface area contributed by atoms with Crippen LogP contribution in [-0.2, 0) is 14.3 Å². The van der Waals surface area contributed by atoms with Gasteiger partial charge < -0.3 is 39.2 Å². The topological polar surface area (TPSA) is 110 Å². The molecule has 3 fully saturated rings. The summed E-state index contributed by atoms with van der Waals surface area (Å²) in [4.78, 5) is 30.1. The van der Waals surface area contributed by atoms with Crippen molar-refractivity contribution in [1.29, 1.82) is 0 Å². The summed E-state index contributed by atoms with van der Waals surface area (Å²) in [5, 5.41) is 13.4. The fraction of sp³-hybridized carbons (Fsp3) is 0.680. The van der Waals surface area contributed by atoms with Gasteiger partial charge in [0.05, 0.1) is 37.9 Å². The molecular weight excluding hydrogens is 454 g/mol. The van der Waals surface area contributed by atoms with Gasteiger partial charge >= 0.3 is 0 Å². The predicted octanol–water partition coefficient (Wildman–Crippen LogP) is 0.767. The number of likely N-dealkylation sites (tertiary alicyclic amines) is 1. The molecule has 0 aromatic heterocycles. The summed E-state index contributed by atoms with van der Waals surface area (Å²) in [7, 11) is 0. The predicted molar refractivity (Wildman–Crippen MR) is 125 cm³/mol. The van der Waals surface area contributed by atoms with Crippen molar-refractivity contribution in [2.24, 2.45) is 0 Å². The van der Waals surface area contributed by atoms with Crippen LogP contribution in [0.3, 0.4) is 0 Å². The molecule has 0 radical (unpaired) electrons. The van der Waals surface area contributed by atoms with Crippen molar-refractivity contribution < 1.29 is 33.6 Å². The summed E-state index contributed by atoms with van der Waals surface area (Å²) >= 11 is 0. The van der Waals surface area contributed by atoms with Gasteiger partial charge in [0.2, 0.25) is 12.7 Å². The molecule has 2 amide bonds. The second-order valence-corrected chi connectivity index (χ2v) is 9.76. The second kappa shape index (κ2) is 11.1. The first kappa shape index (κ1) is 24.3. The van der Waals surface area contributed by atoms with E-state index in [2.05, 4.69) is 10.2 Å². The number of carbonyl (C=O) groups excluding carboxylic acids is 2. The molecule has 1 aromatic carbocycles. The van der Waals surface area contributed by atoms with Crippen molar-refractivity contribution in [1.82, 2.24) is 15.1 Å². The number of nitrogens with one attached hydrogen (secondary N) is 1. The van der Waals surface area contributed by atoms with Gasteiger partial charge in [-0.15, -0.1) is 0 Å².